The second kappa shape index (κ2) is 6.54. The molecule has 0 aliphatic heterocycles. The van der Waals surface area contributed by atoms with Gasteiger partial charge in [-0.1, -0.05) is 43.2 Å². The molecular formula is C20H20F3NO. The fourth-order valence-corrected chi connectivity index (χ4v) is 3.67. The van der Waals surface area contributed by atoms with Crippen LogP contribution in [-0.4, -0.2) is 13.0 Å². The first-order valence-electron chi connectivity index (χ1n) is 8.35. The number of likely N-dealkylation sites (N-methyl/N-ethyl adjacent to an activating group) is 1. The van der Waals surface area contributed by atoms with Crippen molar-refractivity contribution in [1.29, 1.82) is 0 Å². The average molecular weight is 347 g/mol. The molecule has 0 atom stereocenters. The maximum Gasteiger partial charge on any atom is 0.416 e. The summed E-state index contributed by atoms with van der Waals surface area (Å²) in [7, 11) is 1.63. The molecule has 3 rings (SSSR count). The number of hydrogen-bond acceptors (Lipinski definition) is 1. The van der Waals surface area contributed by atoms with E-state index < -0.39 is 17.2 Å². The van der Waals surface area contributed by atoms with Crippen LogP contribution in [0, 0.1) is 0 Å². The van der Waals surface area contributed by atoms with Crippen LogP contribution >= 0.6 is 0 Å². The largest absolute Gasteiger partial charge is 0.416 e. The molecule has 1 aliphatic carbocycles. The minimum Gasteiger partial charge on any atom is -0.315 e. The number of amides is 1. The molecule has 2 nitrogen and oxygen atoms in total. The van der Waals surface area contributed by atoms with E-state index in [1.54, 1.807) is 7.05 Å². The molecule has 132 valence electrons. The van der Waals surface area contributed by atoms with Gasteiger partial charge in [-0.15, -0.1) is 0 Å². The summed E-state index contributed by atoms with van der Waals surface area (Å²) in [5.74, 6) is -0.0593. The number of halogens is 3. The van der Waals surface area contributed by atoms with Crippen molar-refractivity contribution in [2.24, 2.45) is 0 Å². The van der Waals surface area contributed by atoms with Gasteiger partial charge < -0.3 is 4.90 Å². The van der Waals surface area contributed by atoms with Gasteiger partial charge >= 0.3 is 6.18 Å². The van der Waals surface area contributed by atoms with Gasteiger partial charge in [-0.05, 0) is 42.7 Å². The Balaban J connectivity index is 1.90. The molecule has 1 fully saturated rings. The number of benzene rings is 2. The van der Waals surface area contributed by atoms with Crippen molar-refractivity contribution in [2.45, 2.75) is 37.3 Å². The lowest BCUT2D eigenvalue weighted by Crippen LogP contribution is -2.43. The van der Waals surface area contributed by atoms with E-state index in [0.717, 1.165) is 43.4 Å². The first-order valence-corrected chi connectivity index (χ1v) is 8.35. The van der Waals surface area contributed by atoms with Crippen LogP contribution in [-0.2, 0) is 16.4 Å². The second-order valence-corrected chi connectivity index (χ2v) is 6.56. The monoisotopic (exact) mass is 347 g/mol. The number of alkyl halides is 3. The van der Waals surface area contributed by atoms with E-state index in [4.69, 9.17) is 0 Å². The topological polar surface area (TPSA) is 20.3 Å². The standard InChI is InChI=1S/C20H20F3NO/c1-24(17-11-9-16(10-12-17)20(21,22)23)18(25)19(13-5-6-14-19)15-7-3-2-4-8-15/h2-4,7-12H,5-6,13-14H2,1H3. The fourth-order valence-electron chi connectivity index (χ4n) is 3.67. The highest BCUT2D eigenvalue weighted by Crippen LogP contribution is 2.43. The molecule has 0 saturated heterocycles. The lowest BCUT2D eigenvalue weighted by atomic mass is 9.77. The summed E-state index contributed by atoms with van der Waals surface area (Å²) in [5, 5.41) is 0. The molecule has 0 aromatic heterocycles. The highest BCUT2D eigenvalue weighted by atomic mass is 19.4. The van der Waals surface area contributed by atoms with Crippen molar-refractivity contribution < 1.29 is 18.0 Å². The van der Waals surface area contributed by atoms with Crippen LogP contribution in [0.15, 0.2) is 54.6 Å². The highest BCUT2D eigenvalue weighted by Gasteiger charge is 2.44. The van der Waals surface area contributed by atoms with E-state index in [1.165, 1.54) is 17.0 Å². The molecule has 0 N–H and O–H groups in total. The third-order valence-electron chi connectivity index (χ3n) is 5.08. The Morgan fingerprint density at radius 2 is 1.52 bits per heavy atom. The Labute approximate surface area is 145 Å². The second-order valence-electron chi connectivity index (χ2n) is 6.56. The van der Waals surface area contributed by atoms with Gasteiger partial charge in [0.05, 0.1) is 11.0 Å². The minimum atomic E-state index is -4.38. The Morgan fingerprint density at radius 1 is 0.960 bits per heavy atom. The summed E-state index contributed by atoms with van der Waals surface area (Å²) >= 11 is 0. The van der Waals surface area contributed by atoms with Crippen LogP contribution in [0.5, 0.6) is 0 Å². The molecule has 2 aromatic rings. The van der Waals surface area contributed by atoms with Gasteiger partial charge in [0.1, 0.15) is 0 Å². The summed E-state index contributed by atoms with van der Waals surface area (Å²) in [5.41, 5.74) is 0.158. The van der Waals surface area contributed by atoms with Crippen LogP contribution in [0.3, 0.4) is 0 Å². The number of anilines is 1. The molecule has 1 amide bonds. The predicted octanol–water partition coefficient (Wildman–Crippen LogP) is 5.18. The quantitative estimate of drug-likeness (QED) is 0.749. The van der Waals surface area contributed by atoms with Gasteiger partial charge in [-0.25, -0.2) is 0 Å². The molecular weight excluding hydrogens is 327 g/mol. The Bertz CT molecular complexity index is 732. The first kappa shape index (κ1) is 17.5. The lowest BCUT2D eigenvalue weighted by molar-refractivity contribution is -0.137. The molecule has 1 saturated carbocycles. The predicted molar refractivity (Wildman–Crippen MR) is 91.4 cm³/mol. The third kappa shape index (κ3) is 3.28. The molecule has 5 heteroatoms. The van der Waals surface area contributed by atoms with Gasteiger partial charge in [-0.2, -0.15) is 13.2 Å². The highest BCUT2D eigenvalue weighted by molar-refractivity contribution is 6.01. The first-order chi connectivity index (χ1) is 11.8. The summed E-state index contributed by atoms with van der Waals surface area (Å²) in [6.07, 6.45) is -0.900. The molecule has 0 spiro atoms. The van der Waals surface area contributed by atoms with E-state index in [2.05, 4.69) is 0 Å². The van der Waals surface area contributed by atoms with Crippen molar-refractivity contribution >= 4 is 11.6 Å². The molecule has 0 unspecified atom stereocenters. The van der Waals surface area contributed by atoms with E-state index in [-0.39, 0.29) is 5.91 Å². The molecule has 25 heavy (non-hydrogen) atoms. The maximum absolute atomic E-state index is 13.3. The van der Waals surface area contributed by atoms with Gasteiger partial charge in [-0.3, -0.25) is 4.79 Å². The third-order valence-corrected chi connectivity index (χ3v) is 5.08. The van der Waals surface area contributed by atoms with Crippen LogP contribution in [0.1, 0.15) is 36.8 Å². The Morgan fingerprint density at radius 3 is 2.04 bits per heavy atom. The van der Waals surface area contributed by atoms with Crippen molar-refractivity contribution in [3.8, 4) is 0 Å². The minimum absolute atomic E-state index is 0.0593. The summed E-state index contributed by atoms with van der Waals surface area (Å²) < 4.78 is 38.2. The van der Waals surface area contributed by atoms with Crippen molar-refractivity contribution in [2.75, 3.05) is 11.9 Å². The molecule has 0 radical (unpaired) electrons. The van der Waals surface area contributed by atoms with E-state index in [0.29, 0.717) is 5.69 Å². The number of carbonyl (C=O) groups is 1. The lowest BCUT2D eigenvalue weighted by Gasteiger charge is -2.33. The Kier molecular flexibility index (Phi) is 4.58. The normalized spacial score (nSPS) is 16.6. The molecule has 0 bridgehead atoms. The summed E-state index contributed by atoms with van der Waals surface area (Å²) in [6, 6.07) is 14.4. The molecule has 2 aromatic carbocycles. The van der Waals surface area contributed by atoms with E-state index >= 15 is 0 Å². The van der Waals surface area contributed by atoms with Crippen molar-refractivity contribution in [3.05, 3.63) is 65.7 Å². The average Bonchev–Trinajstić information content (AvgIpc) is 3.11. The zero-order valence-electron chi connectivity index (χ0n) is 14.0. The Hall–Kier alpha value is -2.30. The van der Waals surface area contributed by atoms with Crippen molar-refractivity contribution in [3.63, 3.8) is 0 Å². The smallest absolute Gasteiger partial charge is 0.315 e. The van der Waals surface area contributed by atoms with Crippen LogP contribution in [0.4, 0.5) is 18.9 Å². The number of rotatable bonds is 3. The van der Waals surface area contributed by atoms with Gasteiger partial charge in [0, 0.05) is 12.7 Å². The van der Waals surface area contributed by atoms with Crippen molar-refractivity contribution in [1.82, 2.24) is 0 Å². The van der Waals surface area contributed by atoms with Gasteiger partial charge in [0.2, 0.25) is 5.91 Å². The van der Waals surface area contributed by atoms with E-state index in [9.17, 15) is 18.0 Å². The van der Waals surface area contributed by atoms with Gasteiger partial charge in [0.15, 0.2) is 0 Å². The van der Waals surface area contributed by atoms with Crippen LogP contribution in [0.25, 0.3) is 0 Å². The summed E-state index contributed by atoms with van der Waals surface area (Å²) in [4.78, 5) is 14.7. The fraction of sp³-hybridized carbons (Fsp3) is 0.350. The number of carbonyl (C=O) groups excluding carboxylic acids is 1. The zero-order chi connectivity index (χ0) is 18.1. The van der Waals surface area contributed by atoms with Crippen LogP contribution < -0.4 is 4.90 Å². The van der Waals surface area contributed by atoms with Gasteiger partial charge in [0.25, 0.3) is 0 Å². The maximum atomic E-state index is 13.3. The zero-order valence-corrected chi connectivity index (χ0v) is 14.0. The van der Waals surface area contributed by atoms with Crippen LogP contribution in [0.2, 0.25) is 0 Å². The molecule has 1 aliphatic rings. The SMILES string of the molecule is CN(C(=O)C1(c2ccccc2)CCCC1)c1ccc(C(F)(F)F)cc1. The number of nitrogens with zero attached hydrogens (tertiary/aromatic N) is 1. The number of hydrogen-bond donors (Lipinski definition) is 0. The van der Waals surface area contributed by atoms with E-state index in [1.807, 2.05) is 30.3 Å². The molecule has 0 heterocycles. The summed E-state index contributed by atoms with van der Waals surface area (Å²) in [6.45, 7) is 0.